The zero-order valence-corrected chi connectivity index (χ0v) is 13.5. The molecular formula is C14H14ClNO2S2. The quantitative estimate of drug-likeness (QED) is 0.863. The number of halogens is 1. The molecule has 0 aliphatic rings. The molecule has 1 atom stereocenters. The van der Waals surface area contributed by atoms with Crippen LogP contribution in [0, 0.1) is 0 Å². The number of amides is 1. The molecule has 1 aromatic carbocycles. The van der Waals surface area contributed by atoms with Gasteiger partial charge in [-0.2, -0.15) is 0 Å². The molecule has 0 aliphatic carbocycles. The number of hydrogen-bond donors (Lipinski definition) is 0. The second kappa shape index (κ2) is 6.52. The highest BCUT2D eigenvalue weighted by molar-refractivity contribution is 7.84. The topological polar surface area (TPSA) is 37.4 Å². The van der Waals surface area contributed by atoms with Crippen LogP contribution in [0.2, 0.25) is 4.34 Å². The first-order chi connectivity index (χ1) is 9.47. The van der Waals surface area contributed by atoms with Gasteiger partial charge in [-0.3, -0.25) is 9.00 Å². The maximum absolute atomic E-state index is 12.3. The Morgan fingerprint density at radius 2 is 1.90 bits per heavy atom. The largest absolute Gasteiger partial charge is 0.337 e. The molecule has 1 heterocycles. The summed E-state index contributed by atoms with van der Waals surface area (Å²) in [6, 6.07) is 10.6. The highest BCUT2D eigenvalue weighted by Gasteiger charge is 2.13. The SMILES string of the molecule is CN(Cc1ccc(Cl)s1)C(=O)c1ccc(S(C)=O)cc1. The molecule has 0 aliphatic heterocycles. The van der Waals surface area contributed by atoms with E-state index >= 15 is 0 Å². The molecule has 0 radical (unpaired) electrons. The van der Waals surface area contributed by atoms with E-state index in [2.05, 4.69) is 0 Å². The van der Waals surface area contributed by atoms with Gasteiger partial charge in [0.25, 0.3) is 5.91 Å². The monoisotopic (exact) mass is 327 g/mol. The van der Waals surface area contributed by atoms with Crippen LogP contribution in [0.15, 0.2) is 41.3 Å². The van der Waals surface area contributed by atoms with Gasteiger partial charge in [-0.1, -0.05) is 11.6 Å². The molecule has 0 bridgehead atoms. The molecule has 3 nitrogen and oxygen atoms in total. The van der Waals surface area contributed by atoms with Crippen molar-refractivity contribution in [2.45, 2.75) is 11.4 Å². The normalized spacial score (nSPS) is 12.2. The van der Waals surface area contributed by atoms with Gasteiger partial charge in [0.2, 0.25) is 0 Å². The van der Waals surface area contributed by atoms with Gasteiger partial charge in [0.15, 0.2) is 0 Å². The molecular weight excluding hydrogens is 314 g/mol. The molecule has 0 saturated heterocycles. The minimum absolute atomic E-state index is 0.0667. The number of benzene rings is 1. The summed E-state index contributed by atoms with van der Waals surface area (Å²) in [4.78, 5) is 15.7. The molecule has 0 saturated carbocycles. The summed E-state index contributed by atoms with van der Waals surface area (Å²) in [5.74, 6) is -0.0667. The number of carbonyl (C=O) groups is 1. The predicted octanol–water partition coefficient (Wildman–Crippen LogP) is 3.41. The number of carbonyl (C=O) groups excluding carboxylic acids is 1. The molecule has 0 fully saturated rings. The zero-order chi connectivity index (χ0) is 14.7. The summed E-state index contributed by atoms with van der Waals surface area (Å²) >= 11 is 7.34. The van der Waals surface area contributed by atoms with Crippen LogP contribution < -0.4 is 0 Å². The Bertz CT molecular complexity index is 637. The van der Waals surface area contributed by atoms with Crippen LogP contribution in [0.5, 0.6) is 0 Å². The maximum Gasteiger partial charge on any atom is 0.253 e. The first-order valence-electron chi connectivity index (χ1n) is 5.90. The molecule has 1 unspecified atom stereocenters. The van der Waals surface area contributed by atoms with E-state index in [-0.39, 0.29) is 5.91 Å². The Morgan fingerprint density at radius 1 is 1.25 bits per heavy atom. The van der Waals surface area contributed by atoms with Crippen LogP contribution >= 0.6 is 22.9 Å². The van der Waals surface area contributed by atoms with Crippen molar-refractivity contribution in [3.8, 4) is 0 Å². The standard InChI is InChI=1S/C14H14ClNO2S2/c1-16(9-11-5-8-13(15)19-11)14(17)10-3-6-12(7-4-10)20(2)18/h3-8H,9H2,1-2H3. The van der Waals surface area contributed by atoms with E-state index in [0.717, 1.165) is 9.21 Å². The first kappa shape index (κ1) is 15.2. The molecule has 106 valence electrons. The van der Waals surface area contributed by atoms with Crippen molar-refractivity contribution >= 4 is 39.6 Å². The van der Waals surface area contributed by atoms with Gasteiger partial charge in [-0.15, -0.1) is 11.3 Å². The van der Waals surface area contributed by atoms with Crippen LogP contribution in [0.1, 0.15) is 15.2 Å². The lowest BCUT2D eigenvalue weighted by Gasteiger charge is -2.16. The lowest BCUT2D eigenvalue weighted by atomic mass is 10.2. The first-order valence-corrected chi connectivity index (χ1v) is 8.66. The highest BCUT2D eigenvalue weighted by atomic mass is 35.5. The summed E-state index contributed by atoms with van der Waals surface area (Å²) < 4.78 is 12.0. The second-order valence-corrected chi connectivity index (χ2v) is 7.52. The third kappa shape index (κ3) is 3.69. The number of thiophene rings is 1. The number of rotatable bonds is 4. The maximum atomic E-state index is 12.3. The van der Waals surface area contributed by atoms with E-state index in [1.165, 1.54) is 11.3 Å². The van der Waals surface area contributed by atoms with Crippen molar-refractivity contribution in [3.05, 3.63) is 51.2 Å². The molecule has 0 N–H and O–H groups in total. The Hall–Kier alpha value is -1.17. The van der Waals surface area contributed by atoms with Gasteiger partial charge in [-0.25, -0.2) is 0 Å². The van der Waals surface area contributed by atoms with Gasteiger partial charge < -0.3 is 4.90 Å². The van der Waals surface area contributed by atoms with E-state index in [1.807, 2.05) is 12.1 Å². The second-order valence-electron chi connectivity index (χ2n) is 4.35. The molecule has 0 spiro atoms. The number of hydrogen-bond acceptors (Lipinski definition) is 3. The van der Waals surface area contributed by atoms with Gasteiger partial charge in [0.05, 0.1) is 10.9 Å². The minimum Gasteiger partial charge on any atom is -0.337 e. The molecule has 1 aromatic heterocycles. The fourth-order valence-corrected chi connectivity index (χ4v) is 3.41. The van der Waals surface area contributed by atoms with E-state index in [1.54, 1.807) is 42.5 Å². The van der Waals surface area contributed by atoms with E-state index in [0.29, 0.717) is 17.0 Å². The summed E-state index contributed by atoms with van der Waals surface area (Å²) in [5, 5.41) is 0. The molecule has 20 heavy (non-hydrogen) atoms. The highest BCUT2D eigenvalue weighted by Crippen LogP contribution is 2.22. The summed E-state index contributed by atoms with van der Waals surface area (Å²) in [5.41, 5.74) is 0.587. The van der Waals surface area contributed by atoms with Crippen molar-refractivity contribution in [2.75, 3.05) is 13.3 Å². The average molecular weight is 328 g/mol. The van der Waals surface area contributed by atoms with Crippen molar-refractivity contribution in [3.63, 3.8) is 0 Å². The third-order valence-electron chi connectivity index (χ3n) is 2.80. The van der Waals surface area contributed by atoms with E-state index < -0.39 is 10.8 Å². The summed E-state index contributed by atoms with van der Waals surface area (Å²) in [6.07, 6.45) is 1.61. The molecule has 6 heteroatoms. The van der Waals surface area contributed by atoms with Crippen LogP contribution in [-0.4, -0.2) is 28.3 Å². The zero-order valence-electron chi connectivity index (χ0n) is 11.1. The van der Waals surface area contributed by atoms with Gasteiger partial charge in [-0.05, 0) is 36.4 Å². The summed E-state index contributed by atoms with van der Waals surface area (Å²) in [7, 11) is 0.724. The Kier molecular flexibility index (Phi) is 4.96. The Balaban J connectivity index is 2.08. The predicted molar refractivity (Wildman–Crippen MR) is 83.9 cm³/mol. The lowest BCUT2D eigenvalue weighted by Crippen LogP contribution is -2.25. The van der Waals surface area contributed by atoms with Crippen LogP contribution in [0.3, 0.4) is 0 Å². The van der Waals surface area contributed by atoms with Crippen molar-refractivity contribution < 1.29 is 9.00 Å². The van der Waals surface area contributed by atoms with Crippen molar-refractivity contribution in [1.29, 1.82) is 0 Å². The van der Waals surface area contributed by atoms with Crippen LogP contribution in [-0.2, 0) is 17.3 Å². The minimum atomic E-state index is -1.03. The fourth-order valence-electron chi connectivity index (χ4n) is 1.75. The molecule has 1 amide bonds. The van der Waals surface area contributed by atoms with Crippen LogP contribution in [0.25, 0.3) is 0 Å². The third-order valence-corrected chi connectivity index (χ3v) is 4.95. The number of nitrogens with zero attached hydrogens (tertiary/aromatic N) is 1. The molecule has 2 aromatic rings. The Morgan fingerprint density at radius 3 is 2.40 bits per heavy atom. The van der Waals surface area contributed by atoms with Gasteiger partial charge in [0.1, 0.15) is 0 Å². The van der Waals surface area contributed by atoms with E-state index in [9.17, 15) is 9.00 Å². The van der Waals surface area contributed by atoms with Gasteiger partial charge >= 0.3 is 0 Å². The summed E-state index contributed by atoms with van der Waals surface area (Å²) in [6.45, 7) is 0.525. The van der Waals surface area contributed by atoms with Crippen molar-refractivity contribution in [1.82, 2.24) is 4.90 Å². The fraction of sp³-hybridized carbons (Fsp3) is 0.214. The van der Waals surface area contributed by atoms with E-state index in [4.69, 9.17) is 11.6 Å². The van der Waals surface area contributed by atoms with Crippen LogP contribution in [0.4, 0.5) is 0 Å². The van der Waals surface area contributed by atoms with Gasteiger partial charge in [0, 0.05) is 39.4 Å². The average Bonchev–Trinajstić information content (AvgIpc) is 2.83. The lowest BCUT2D eigenvalue weighted by molar-refractivity contribution is 0.0786. The Labute approximate surface area is 129 Å². The van der Waals surface area contributed by atoms with Crippen molar-refractivity contribution in [2.24, 2.45) is 0 Å². The smallest absolute Gasteiger partial charge is 0.253 e. The molecule has 2 rings (SSSR count).